The van der Waals surface area contributed by atoms with Crippen LogP contribution in [0.1, 0.15) is 25.7 Å². The lowest BCUT2D eigenvalue weighted by Crippen LogP contribution is -2.54. The number of esters is 1. The summed E-state index contributed by atoms with van der Waals surface area (Å²) in [5.74, 6) is -0.158. The standard InChI is InChI=1S/C12H19N3O2S/c1-13-12(10(16)17-2)5-3-4-9(8-12)18-11-14-6-7-15-11/h6-7,9,13H,3-5,8H2,1-2H3,(H,14,15). The van der Waals surface area contributed by atoms with Crippen LogP contribution in [0, 0.1) is 0 Å². The average Bonchev–Trinajstić information content (AvgIpc) is 2.90. The molecule has 2 N–H and O–H groups in total. The molecule has 1 saturated carbocycles. The molecule has 1 aromatic heterocycles. The van der Waals surface area contributed by atoms with Crippen molar-refractivity contribution in [2.75, 3.05) is 14.2 Å². The largest absolute Gasteiger partial charge is 0.468 e. The molecule has 1 aromatic rings. The third kappa shape index (κ3) is 2.70. The molecule has 0 bridgehead atoms. The highest BCUT2D eigenvalue weighted by atomic mass is 32.2. The summed E-state index contributed by atoms with van der Waals surface area (Å²) in [5, 5.41) is 4.46. The maximum atomic E-state index is 12.0. The monoisotopic (exact) mass is 269 g/mol. The zero-order valence-electron chi connectivity index (χ0n) is 10.7. The predicted molar refractivity (Wildman–Crippen MR) is 70.5 cm³/mol. The van der Waals surface area contributed by atoms with Gasteiger partial charge in [-0.05, 0) is 32.7 Å². The van der Waals surface area contributed by atoms with Gasteiger partial charge in [0, 0.05) is 17.6 Å². The fourth-order valence-electron chi connectivity index (χ4n) is 2.51. The van der Waals surface area contributed by atoms with Gasteiger partial charge in [0.2, 0.25) is 0 Å². The van der Waals surface area contributed by atoms with Gasteiger partial charge in [0.1, 0.15) is 5.54 Å². The highest BCUT2D eigenvalue weighted by Gasteiger charge is 2.42. The maximum Gasteiger partial charge on any atom is 0.326 e. The fraction of sp³-hybridized carbons (Fsp3) is 0.667. The van der Waals surface area contributed by atoms with E-state index >= 15 is 0 Å². The molecule has 18 heavy (non-hydrogen) atoms. The van der Waals surface area contributed by atoms with Crippen molar-refractivity contribution in [3.63, 3.8) is 0 Å². The number of ether oxygens (including phenoxy) is 1. The summed E-state index contributed by atoms with van der Waals surface area (Å²) >= 11 is 1.70. The van der Waals surface area contributed by atoms with Crippen LogP contribution in [0.15, 0.2) is 17.6 Å². The van der Waals surface area contributed by atoms with Gasteiger partial charge in [-0.15, -0.1) is 0 Å². The fourth-order valence-corrected chi connectivity index (χ4v) is 3.73. The van der Waals surface area contributed by atoms with Crippen LogP contribution in [0.4, 0.5) is 0 Å². The van der Waals surface area contributed by atoms with E-state index in [1.54, 1.807) is 18.0 Å². The first-order valence-electron chi connectivity index (χ1n) is 6.13. The molecule has 1 fully saturated rings. The van der Waals surface area contributed by atoms with Gasteiger partial charge in [-0.25, -0.2) is 4.98 Å². The summed E-state index contributed by atoms with van der Waals surface area (Å²) in [5.41, 5.74) is -0.530. The van der Waals surface area contributed by atoms with E-state index < -0.39 is 5.54 Å². The molecular weight excluding hydrogens is 250 g/mol. The zero-order valence-corrected chi connectivity index (χ0v) is 11.5. The topological polar surface area (TPSA) is 67.0 Å². The number of rotatable bonds is 4. The number of carbonyl (C=O) groups is 1. The molecule has 0 aromatic carbocycles. The van der Waals surface area contributed by atoms with Crippen molar-refractivity contribution in [1.82, 2.24) is 15.3 Å². The summed E-state index contributed by atoms with van der Waals surface area (Å²) in [4.78, 5) is 19.3. The second-order valence-electron chi connectivity index (χ2n) is 4.55. The Morgan fingerprint density at radius 2 is 2.56 bits per heavy atom. The smallest absolute Gasteiger partial charge is 0.326 e. The van der Waals surface area contributed by atoms with Gasteiger partial charge in [0.15, 0.2) is 5.16 Å². The van der Waals surface area contributed by atoms with E-state index in [1.165, 1.54) is 7.11 Å². The minimum atomic E-state index is -0.530. The number of aromatic nitrogens is 2. The number of carbonyl (C=O) groups excluding carboxylic acids is 1. The SMILES string of the molecule is CNC1(C(=O)OC)CCCC(Sc2ncc[nH]2)C1. The molecule has 0 aliphatic heterocycles. The van der Waals surface area contributed by atoms with Crippen LogP contribution in [0.3, 0.4) is 0 Å². The zero-order chi connectivity index (χ0) is 13.0. The minimum absolute atomic E-state index is 0.158. The van der Waals surface area contributed by atoms with Gasteiger partial charge in [-0.3, -0.25) is 4.79 Å². The summed E-state index contributed by atoms with van der Waals surface area (Å²) in [6.07, 6.45) is 7.31. The predicted octanol–water partition coefficient (Wildman–Crippen LogP) is 1.58. The van der Waals surface area contributed by atoms with Crippen LogP contribution in [-0.4, -0.2) is 40.9 Å². The van der Waals surface area contributed by atoms with E-state index in [4.69, 9.17) is 4.74 Å². The van der Waals surface area contributed by atoms with Crippen molar-refractivity contribution >= 4 is 17.7 Å². The number of nitrogens with zero attached hydrogens (tertiary/aromatic N) is 1. The highest BCUT2D eigenvalue weighted by molar-refractivity contribution is 7.99. The van der Waals surface area contributed by atoms with Crippen LogP contribution >= 0.6 is 11.8 Å². The van der Waals surface area contributed by atoms with Gasteiger partial charge < -0.3 is 15.0 Å². The number of imidazole rings is 1. The molecular formula is C12H19N3O2S. The van der Waals surface area contributed by atoms with E-state index in [-0.39, 0.29) is 5.97 Å². The highest BCUT2D eigenvalue weighted by Crippen LogP contribution is 2.37. The Morgan fingerprint density at radius 3 is 3.17 bits per heavy atom. The Kier molecular flexibility index (Phi) is 4.29. The number of thioether (sulfide) groups is 1. The van der Waals surface area contributed by atoms with Crippen LogP contribution < -0.4 is 5.32 Å². The number of hydrogen-bond donors (Lipinski definition) is 2. The molecule has 1 aliphatic carbocycles. The van der Waals surface area contributed by atoms with Gasteiger partial charge in [0.05, 0.1) is 7.11 Å². The normalized spacial score (nSPS) is 28.0. The molecule has 6 heteroatoms. The van der Waals surface area contributed by atoms with Gasteiger partial charge >= 0.3 is 5.97 Å². The van der Waals surface area contributed by atoms with E-state index in [1.807, 2.05) is 13.2 Å². The van der Waals surface area contributed by atoms with Crippen molar-refractivity contribution in [2.24, 2.45) is 0 Å². The van der Waals surface area contributed by atoms with Crippen molar-refractivity contribution < 1.29 is 9.53 Å². The van der Waals surface area contributed by atoms with Gasteiger partial charge in [0.25, 0.3) is 0 Å². The molecule has 100 valence electrons. The van der Waals surface area contributed by atoms with E-state index in [2.05, 4.69) is 15.3 Å². The lowest BCUT2D eigenvalue weighted by molar-refractivity contribution is -0.149. The maximum absolute atomic E-state index is 12.0. The average molecular weight is 269 g/mol. The Labute approximate surface area is 111 Å². The van der Waals surface area contributed by atoms with Gasteiger partial charge in [-0.1, -0.05) is 11.8 Å². The molecule has 2 rings (SSSR count). The third-order valence-corrected chi connectivity index (χ3v) is 4.69. The summed E-state index contributed by atoms with van der Waals surface area (Å²) in [7, 11) is 3.28. The molecule has 0 radical (unpaired) electrons. The van der Waals surface area contributed by atoms with Gasteiger partial charge in [-0.2, -0.15) is 0 Å². The summed E-state index contributed by atoms with van der Waals surface area (Å²) < 4.78 is 4.93. The van der Waals surface area contributed by atoms with Crippen LogP contribution in [0.5, 0.6) is 0 Å². The molecule has 1 heterocycles. The molecule has 0 spiro atoms. The van der Waals surface area contributed by atoms with Crippen molar-refractivity contribution in [3.05, 3.63) is 12.4 Å². The summed E-state index contributed by atoms with van der Waals surface area (Å²) in [6, 6.07) is 0. The number of methoxy groups -OCH3 is 1. The van der Waals surface area contributed by atoms with E-state index in [9.17, 15) is 4.79 Å². The lowest BCUT2D eigenvalue weighted by Gasteiger charge is -2.37. The first-order chi connectivity index (χ1) is 8.70. The second kappa shape index (κ2) is 5.75. The number of nitrogens with one attached hydrogen (secondary N) is 2. The molecule has 2 unspecified atom stereocenters. The van der Waals surface area contributed by atoms with Crippen LogP contribution in [0.25, 0.3) is 0 Å². The van der Waals surface area contributed by atoms with E-state index in [0.717, 1.165) is 30.8 Å². The second-order valence-corrected chi connectivity index (χ2v) is 5.84. The van der Waals surface area contributed by atoms with Crippen molar-refractivity contribution in [1.29, 1.82) is 0 Å². The van der Waals surface area contributed by atoms with Crippen LogP contribution in [-0.2, 0) is 9.53 Å². The number of aromatic amines is 1. The first-order valence-corrected chi connectivity index (χ1v) is 7.01. The molecule has 1 aliphatic rings. The molecule has 5 nitrogen and oxygen atoms in total. The minimum Gasteiger partial charge on any atom is -0.468 e. The Bertz CT molecular complexity index is 396. The van der Waals surface area contributed by atoms with E-state index in [0.29, 0.717) is 5.25 Å². The molecule has 2 atom stereocenters. The third-order valence-electron chi connectivity index (χ3n) is 3.51. The molecule has 0 amide bonds. The number of hydrogen-bond acceptors (Lipinski definition) is 5. The van der Waals surface area contributed by atoms with Crippen molar-refractivity contribution in [3.8, 4) is 0 Å². The summed E-state index contributed by atoms with van der Waals surface area (Å²) in [6.45, 7) is 0. The first kappa shape index (κ1) is 13.4. The molecule has 0 saturated heterocycles. The Morgan fingerprint density at radius 1 is 1.72 bits per heavy atom. The Balaban J connectivity index is 2.04. The van der Waals surface area contributed by atoms with Crippen LogP contribution in [0.2, 0.25) is 0 Å². The van der Waals surface area contributed by atoms with Crippen molar-refractivity contribution in [2.45, 2.75) is 41.6 Å². The number of H-pyrrole nitrogens is 1. The quantitative estimate of drug-likeness (QED) is 0.812. The Hall–Kier alpha value is -1.01. The number of likely N-dealkylation sites (N-methyl/N-ethyl adjacent to an activating group) is 1. The lowest BCUT2D eigenvalue weighted by atomic mass is 9.81.